The fourth-order valence-electron chi connectivity index (χ4n) is 2.44. The summed E-state index contributed by atoms with van der Waals surface area (Å²) in [4.78, 5) is 25.8. The second-order valence-electron chi connectivity index (χ2n) is 6.92. The molecule has 0 saturated carbocycles. The van der Waals surface area contributed by atoms with Gasteiger partial charge in [0.25, 0.3) is 0 Å². The van der Waals surface area contributed by atoms with Crippen LogP contribution in [0.2, 0.25) is 0 Å². The average molecular weight is 346 g/mol. The van der Waals surface area contributed by atoms with Gasteiger partial charge in [0.15, 0.2) is 0 Å². The number of benzene rings is 1. The summed E-state index contributed by atoms with van der Waals surface area (Å²) in [7, 11) is 0. The molecule has 2 amide bonds. The molecule has 0 spiro atoms. The predicted octanol–water partition coefficient (Wildman–Crippen LogP) is 3.83. The van der Waals surface area contributed by atoms with Crippen molar-refractivity contribution < 1.29 is 19.1 Å². The number of alkyl carbamates (subject to hydrolysis) is 1. The van der Waals surface area contributed by atoms with Crippen molar-refractivity contribution in [3.05, 3.63) is 48.0 Å². The van der Waals surface area contributed by atoms with Crippen molar-refractivity contribution in [3.8, 4) is 0 Å². The van der Waals surface area contributed by atoms with Crippen molar-refractivity contribution in [1.82, 2.24) is 10.2 Å². The third kappa shape index (κ3) is 6.49. The van der Waals surface area contributed by atoms with Crippen LogP contribution in [0.4, 0.5) is 9.59 Å². The number of carbonyl (C=O) groups is 2. The van der Waals surface area contributed by atoms with E-state index >= 15 is 0 Å². The Morgan fingerprint density at radius 1 is 1.24 bits per heavy atom. The van der Waals surface area contributed by atoms with Gasteiger partial charge in [-0.05, 0) is 39.2 Å². The lowest BCUT2D eigenvalue weighted by atomic mass is 10.2. The van der Waals surface area contributed by atoms with Crippen molar-refractivity contribution in [2.75, 3.05) is 6.67 Å². The second-order valence-corrected chi connectivity index (χ2v) is 6.92. The summed E-state index contributed by atoms with van der Waals surface area (Å²) in [6.07, 6.45) is 4.69. The number of amides is 2. The van der Waals surface area contributed by atoms with Crippen LogP contribution in [0.3, 0.4) is 0 Å². The number of nitrogens with zero attached hydrogens (tertiary/aromatic N) is 1. The predicted molar refractivity (Wildman–Crippen MR) is 94.9 cm³/mol. The number of nitrogens with one attached hydrogen (secondary N) is 1. The van der Waals surface area contributed by atoms with Crippen molar-refractivity contribution in [2.45, 2.75) is 51.9 Å². The minimum atomic E-state index is -0.592. The molecule has 0 radical (unpaired) electrons. The highest BCUT2D eigenvalue weighted by atomic mass is 16.6. The van der Waals surface area contributed by atoms with Crippen LogP contribution < -0.4 is 5.32 Å². The molecule has 1 aliphatic rings. The molecule has 1 aromatic rings. The van der Waals surface area contributed by atoms with Crippen LogP contribution in [0.15, 0.2) is 42.5 Å². The summed E-state index contributed by atoms with van der Waals surface area (Å²) >= 11 is 0. The molecule has 6 nitrogen and oxygen atoms in total. The van der Waals surface area contributed by atoms with Crippen molar-refractivity contribution in [1.29, 1.82) is 0 Å². The normalized spacial score (nSPS) is 16.4. The van der Waals surface area contributed by atoms with Gasteiger partial charge in [-0.2, -0.15) is 0 Å². The van der Waals surface area contributed by atoms with Crippen molar-refractivity contribution >= 4 is 12.2 Å². The molecular weight excluding hydrogens is 320 g/mol. The average Bonchev–Trinajstić information content (AvgIpc) is 3.06. The Labute approximate surface area is 148 Å². The summed E-state index contributed by atoms with van der Waals surface area (Å²) in [5, 5.41) is 2.63. The Kier molecular flexibility index (Phi) is 6.44. The third-order valence-electron chi connectivity index (χ3n) is 3.62. The van der Waals surface area contributed by atoms with E-state index in [4.69, 9.17) is 9.47 Å². The number of allylic oxidation sites excluding steroid dienone is 1. The van der Waals surface area contributed by atoms with Gasteiger partial charge in [-0.1, -0.05) is 42.5 Å². The molecule has 0 bridgehead atoms. The van der Waals surface area contributed by atoms with E-state index in [1.54, 1.807) is 0 Å². The second kappa shape index (κ2) is 8.55. The van der Waals surface area contributed by atoms with Gasteiger partial charge in [0.2, 0.25) is 0 Å². The third-order valence-corrected chi connectivity index (χ3v) is 3.62. The van der Waals surface area contributed by atoms with Gasteiger partial charge in [0.05, 0.1) is 6.04 Å². The summed E-state index contributed by atoms with van der Waals surface area (Å²) in [5.74, 6) is 0. The van der Waals surface area contributed by atoms with Gasteiger partial charge in [0, 0.05) is 0 Å². The van der Waals surface area contributed by atoms with Gasteiger partial charge in [0.1, 0.15) is 18.9 Å². The zero-order valence-electron chi connectivity index (χ0n) is 15.0. The number of hydrogen-bond donors (Lipinski definition) is 1. The Balaban J connectivity index is 1.87. The van der Waals surface area contributed by atoms with E-state index in [0.717, 1.165) is 18.4 Å². The van der Waals surface area contributed by atoms with Gasteiger partial charge in [-0.3, -0.25) is 4.90 Å². The Morgan fingerprint density at radius 2 is 1.96 bits per heavy atom. The zero-order valence-corrected chi connectivity index (χ0v) is 15.0. The molecule has 6 heteroatoms. The Morgan fingerprint density at radius 3 is 2.56 bits per heavy atom. The molecular formula is C19H26N2O4. The van der Waals surface area contributed by atoms with Crippen LogP contribution in [0.25, 0.3) is 0 Å². The first-order valence-corrected chi connectivity index (χ1v) is 8.46. The lowest BCUT2D eigenvalue weighted by Gasteiger charge is -2.30. The number of rotatable bonds is 5. The maximum Gasteiger partial charge on any atom is 0.412 e. The molecule has 25 heavy (non-hydrogen) atoms. The molecule has 1 aliphatic carbocycles. The minimum Gasteiger partial charge on any atom is -0.445 e. The van der Waals surface area contributed by atoms with Gasteiger partial charge in [-0.15, -0.1) is 0 Å². The molecule has 1 N–H and O–H groups in total. The topological polar surface area (TPSA) is 67.9 Å². The lowest BCUT2D eigenvalue weighted by molar-refractivity contribution is 0.0180. The first-order valence-electron chi connectivity index (χ1n) is 8.46. The summed E-state index contributed by atoms with van der Waals surface area (Å²) < 4.78 is 10.6. The van der Waals surface area contributed by atoms with Crippen molar-refractivity contribution in [2.24, 2.45) is 0 Å². The van der Waals surface area contributed by atoms with E-state index in [2.05, 4.69) is 5.32 Å². The van der Waals surface area contributed by atoms with Gasteiger partial charge >= 0.3 is 12.2 Å². The van der Waals surface area contributed by atoms with Crippen LogP contribution in [0, 0.1) is 0 Å². The maximum atomic E-state index is 12.4. The SMILES string of the molecule is CC(C)(C)OC(=O)N(CNC(=O)OCc1ccccc1)C1C=CCC1. The molecule has 1 unspecified atom stereocenters. The molecule has 1 atom stereocenters. The van der Waals surface area contributed by atoms with E-state index in [0.29, 0.717) is 0 Å². The number of hydrogen-bond acceptors (Lipinski definition) is 4. The van der Waals surface area contributed by atoms with Crippen LogP contribution in [-0.2, 0) is 16.1 Å². The zero-order chi connectivity index (χ0) is 18.3. The van der Waals surface area contributed by atoms with E-state index < -0.39 is 17.8 Å². The molecule has 2 rings (SSSR count). The molecule has 0 aliphatic heterocycles. The molecule has 1 aromatic carbocycles. The Hall–Kier alpha value is -2.50. The smallest absolute Gasteiger partial charge is 0.412 e. The van der Waals surface area contributed by atoms with Crippen LogP contribution in [0.5, 0.6) is 0 Å². The van der Waals surface area contributed by atoms with E-state index in [1.807, 2.05) is 63.3 Å². The molecule has 0 saturated heterocycles. The molecule has 0 heterocycles. The largest absolute Gasteiger partial charge is 0.445 e. The summed E-state index contributed by atoms with van der Waals surface area (Å²) in [6.45, 7) is 5.67. The monoisotopic (exact) mass is 346 g/mol. The Bertz CT molecular complexity index is 608. The van der Waals surface area contributed by atoms with Crippen molar-refractivity contribution in [3.63, 3.8) is 0 Å². The maximum absolute atomic E-state index is 12.4. The van der Waals surface area contributed by atoms with Crippen LogP contribution >= 0.6 is 0 Å². The van der Waals surface area contributed by atoms with Gasteiger partial charge < -0.3 is 14.8 Å². The fourth-order valence-corrected chi connectivity index (χ4v) is 2.44. The minimum absolute atomic E-state index is 0.0392. The van der Waals surface area contributed by atoms with E-state index in [9.17, 15) is 9.59 Å². The standard InChI is InChI=1S/C19H26N2O4/c1-19(2,3)25-18(23)21(16-11-7-8-12-16)14-20-17(22)24-13-15-9-5-4-6-10-15/h4-7,9-11,16H,8,12-14H2,1-3H3,(H,20,22). The number of ether oxygens (including phenoxy) is 2. The summed E-state index contributed by atoms with van der Waals surface area (Å²) in [6, 6.07) is 9.34. The van der Waals surface area contributed by atoms with Gasteiger partial charge in [-0.25, -0.2) is 9.59 Å². The summed E-state index contributed by atoms with van der Waals surface area (Å²) in [5.41, 5.74) is 0.311. The molecule has 0 aromatic heterocycles. The van der Waals surface area contributed by atoms with E-state index in [1.165, 1.54) is 4.90 Å². The highest BCUT2D eigenvalue weighted by molar-refractivity contribution is 5.71. The lowest BCUT2D eigenvalue weighted by Crippen LogP contribution is -2.47. The first kappa shape index (κ1) is 18.8. The molecule has 0 fully saturated rings. The highest BCUT2D eigenvalue weighted by Gasteiger charge is 2.28. The highest BCUT2D eigenvalue weighted by Crippen LogP contribution is 2.19. The first-order chi connectivity index (χ1) is 11.8. The fraction of sp³-hybridized carbons (Fsp3) is 0.474. The molecule has 136 valence electrons. The van der Waals surface area contributed by atoms with Crippen LogP contribution in [0.1, 0.15) is 39.2 Å². The van der Waals surface area contributed by atoms with E-state index in [-0.39, 0.29) is 19.3 Å². The number of carbonyl (C=O) groups excluding carboxylic acids is 2. The quantitative estimate of drug-likeness (QED) is 0.650. The van der Waals surface area contributed by atoms with Crippen LogP contribution in [-0.4, -0.2) is 35.4 Å².